The van der Waals surface area contributed by atoms with E-state index in [0.717, 1.165) is 5.56 Å². The van der Waals surface area contributed by atoms with Crippen molar-refractivity contribution in [3.8, 4) is 0 Å². The van der Waals surface area contributed by atoms with Gasteiger partial charge in [-0.3, -0.25) is 4.79 Å². The smallest absolute Gasteiger partial charge is 0.329 e. The number of carbonyl (C=O) groups excluding carboxylic acids is 1. The molecule has 0 heterocycles. The normalized spacial score (nSPS) is 12.8. The summed E-state index contributed by atoms with van der Waals surface area (Å²) >= 11 is 0. The SMILES string of the molecule is CN(C(=O)[C@@H](N)Cc1ccccc1)C(C)(C)C(=O)O. The molecule has 0 aliphatic carbocycles. The average Bonchev–Trinajstić information content (AvgIpc) is 2.37. The minimum absolute atomic E-state index is 0.378. The van der Waals surface area contributed by atoms with Gasteiger partial charge in [-0.25, -0.2) is 4.79 Å². The summed E-state index contributed by atoms with van der Waals surface area (Å²) in [4.78, 5) is 24.4. The zero-order chi connectivity index (χ0) is 14.6. The minimum Gasteiger partial charge on any atom is -0.480 e. The molecule has 0 unspecified atom stereocenters. The number of aliphatic carboxylic acids is 1. The van der Waals surface area contributed by atoms with E-state index in [2.05, 4.69) is 0 Å². The first kappa shape index (κ1) is 15.2. The first-order chi connectivity index (χ1) is 8.76. The third-order valence-electron chi connectivity index (χ3n) is 3.31. The molecule has 19 heavy (non-hydrogen) atoms. The Kier molecular flexibility index (Phi) is 4.67. The van der Waals surface area contributed by atoms with Gasteiger partial charge in [-0.2, -0.15) is 0 Å². The molecule has 0 fully saturated rings. The van der Waals surface area contributed by atoms with Gasteiger partial charge >= 0.3 is 5.97 Å². The number of amides is 1. The van der Waals surface area contributed by atoms with Crippen LogP contribution >= 0.6 is 0 Å². The van der Waals surface area contributed by atoms with Gasteiger partial charge in [0.1, 0.15) is 5.54 Å². The van der Waals surface area contributed by atoms with Crippen LogP contribution in [0.15, 0.2) is 30.3 Å². The Hall–Kier alpha value is -1.88. The summed E-state index contributed by atoms with van der Waals surface area (Å²) in [5, 5.41) is 9.10. The van der Waals surface area contributed by atoms with Crippen LogP contribution in [0.2, 0.25) is 0 Å². The molecule has 1 aromatic rings. The van der Waals surface area contributed by atoms with Crippen molar-refractivity contribution in [2.24, 2.45) is 5.73 Å². The lowest BCUT2D eigenvalue weighted by molar-refractivity contribution is -0.155. The molecule has 0 saturated carbocycles. The third kappa shape index (κ3) is 3.54. The molecule has 0 bridgehead atoms. The number of carbonyl (C=O) groups is 2. The highest BCUT2D eigenvalue weighted by atomic mass is 16.4. The number of hydrogen-bond donors (Lipinski definition) is 2. The third-order valence-corrected chi connectivity index (χ3v) is 3.31. The predicted molar refractivity (Wildman–Crippen MR) is 72.6 cm³/mol. The molecule has 5 heteroatoms. The second kappa shape index (κ2) is 5.84. The summed E-state index contributed by atoms with van der Waals surface area (Å²) in [5.41, 5.74) is 5.54. The van der Waals surface area contributed by atoms with E-state index in [1.807, 2.05) is 30.3 Å². The molecule has 1 atom stereocenters. The molecular weight excluding hydrogens is 244 g/mol. The summed E-state index contributed by atoms with van der Waals surface area (Å²) in [6.07, 6.45) is 0.389. The summed E-state index contributed by atoms with van der Waals surface area (Å²) in [6.45, 7) is 2.95. The van der Waals surface area contributed by atoms with E-state index in [9.17, 15) is 9.59 Å². The van der Waals surface area contributed by atoms with Gasteiger partial charge in [0, 0.05) is 7.05 Å². The van der Waals surface area contributed by atoms with Crippen LogP contribution in [-0.4, -0.2) is 40.5 Å². The Morgan fingerprint density at radius 3 is 2.32 bits per heavy atom. The lowest BCUT2D eigenvalue weighted by Gasteiger charge is -2.33. The van der Waals surface area contributed by atoms with Crippen LogP contribution in [0.4, 0.5) is 0 Å². The Labute approximate surface area is 113 Å². The van der Waals surface area contributed by atoms with Crippen LogP contribution in [-0.2, 0) is 16.0 Å². The van der Waals surface area contributed by atoms with E-state index in [1.165, 1.54) is 25.8 Å². The van der Waals surface area contributed by atoms with Gasteiger partial charge < -0.3 is 15.7 Å². The van der Waals surface area contributed by atoms with E-state index in [0.29, 0.717) is 6.42 Å². The summed E-state index contributed by atoms with van der Waals surface area (Å²) in [5.74, 6) is -1.44. The van der Waals surface area contributed by atoms with E-state index < -0.39 is 17.6 Å². The quantitative estimate of drug-likeness (QED) is 0.827. The van der Waals surface area contributed by atoms with Crippen molar-refractivity contribution in [2.75, 3.05) is 7.05 Å². The number of nitrogens with zero attached hydrogens (tertiary/aromatic N) is 1. The van der Waals surface area contributed by atoms with Gasteiger partial charge in [-0.1, -0.05) is 30.3 Å². The van der Waals surface area contributed by atoms with E-state index in [-0.39, 0.29) is 5.91 Å². The van der Waals surface area contributed by atoms with Crippen molar-refractivity contribution in [1.29, 1.82) is 0 Å². The van der Waals surface area contributed by atoms with Crippen molar-refractivity contribution < 1.29 is 14.7 Å². The fourth-order valence-corrected chi connectivity index (χ4v) is 1.62. The van der Waals surface area contributed by atoms with E-state index in [1.54, 1.807) is 0 Å². The summed E-state index contributed by atoms with van der Waals surface area (Å²) in [6, 6.07) is 8.65. The van der Waals surface area contributed by atoms with Crippen LogP contribution in [0.25, 0.3) is 0 Å². The fourth-order valence-electron chi connectivity index (χ4n) is 1.62. The van der Waals surface area contributed by atoms with Gasteiger partial charge in [0.2, 0.25) is 5.91 Å². The van der Waals surface area contributed by atoms with Gasteiger partial charge in [0.05, 0.1) is 6.04 Å². The summed E-state index contributed by atoms with van der Waals surface area (Å²) in [7, 11) is 1.46. The van der Waals surface area contributed by atoms with Crippen LogP contribution in [0.1, 0.15) is 19.4 Å². The first-order valence-corrected chi connectivity index (χ1v) is 6.07. The Morgan fingerprint density at radius 2 is 1.84 bits per heavy atom. The Morgan fingerprint density at radius 1 is 1.32 bits per heavy atom. The number of rotatable bonds is 5. The van der Waals surface area contributed by atoms with Gasteiger partial charge in [0.25, 0.3) is 0 Å². The zero-order valence-electron chi connectivity index (χ0n) is 11.5. The van der Waals surface area contributed by atoms with Crippen molar-refractivity contribution in [3.63, 3.8) is 0 Å². The molecule has 3 N–H and O–H groups in total. The highest BCUT2D eigenvalue weighted by Gasteiger charge is 2.36. The average molecular weight is 264 g/mol. The highest BCUT2D eigenvalue weighted by molar-refractivity contribution is 5.88. The number of likely N-dealkylation sites (N-methyl/N-ethyl adjacent to an activating group) is 1. The van der Waals surface area contributed by atoms with Crippen LogP contribution in [0.5, 0.6) is 0 Å². The fraction of sp³-hybridized carbons (Fsp3) is 0.429. The Balaban J connectivity index is 2.75. The van der Waals surface area contributed by atoms with E-state index in [4.69, 9.17) is 10.8 Å². The van der Waals surface area contributed by atoms with Crippen molar-refractivity contribution in [1.82, 2.24) is 4.90 Å². The first-order valence-electron chi connectivity index (χ1n) is 6.07. The molecular formula is C14H20N2O3. The molecule has 0 aliphatic rings. The second-order valence-electron chi connectivity index (χ2n) is 5.06. The maximum atomic E-state index is 12.1. The largest absolute Gasteiger partial charge is 0.480 e. The maximum absolute atomic E-state index is 12.1. The maximum Gasteiger partial charge on any atom is 0.329 e. The topological polar surface area (TPSA) is 83.6 Å². The molecule has 1 amide bonds. The molecule has 0 radical (unpaired) electrons. The van der Waals surface area contributed by atoms with Gasteiger partial charge in [0.15, 0.2) is 0 Å². The van der Waals surface area contributed by atoms with Crippen LogP contribution in [0.3, 0.4) is 0 Å². The van der Waals surface area contributed by atoms with Gasteiger partial charge in [-0.05, 0) is 25.8 Å². The highest BCUT2D eigenvalue weighted by Crippen LogP contribution is 2.14. The van der Waals surface area contributed by atoms with Crippen molar-refractivity contribution >= 4 is 11.9 Å². The molecule has 0 saturated heterocycles. The minimum atomic E-state index is -1.27. The zero-order valence-corrected chi connectivity index (χ0v) is 11.5. The number of hydrogen-bond acceptors (Lipinski definition) is 3. The van der Waals surface area contributed by atoms with Gasteiger partial charge in [-0.15, -0.1) is 0 Å². The summed E-state index contributed by atoms with van der Waals surface area (Å²) < 4.78 is 0. The Bertz CT molecular complexity index is 457. The van der Waals surface area contributed by atoms with Crippen molar-refractivity contribution in [2.45, 2.75) is 31.8 Å². The molecule has 1 aromatic carbocycles. The van der Waals surface area contributed by atoms with Crippen LogP contribution in [0, 0.1) is 0 Å². The number of carboxylic acid groups (broad SMARTS) is 1. The molecule has 0 aliphatic heterocycles. The number of carboxylic acids is 1. The number of benzene rings is 1. The molecule has 104 valence electrons. The van der Waals surface area contributed by atoms with E-state index >= 15 is 0 Å². The predicted octanol–water partition coefficient (Wildman–Crippen LogP) is 0.878. The molecule has 0 spiro atoms. The monoisotopic (exact) mass is 264 g/mol. The van der Waals surface area contributed by atoms with Crippen LogP contribution < -0.4 is 5.73 Å². The standard InChI is InChI=1S/C14H20N2O3/c1-14(2,13(18)19)16(3)12(17)11(15)9-10-7-5-4-6-8-10/h4-8,11H,9,15H2,1-3H3,(H,18,19)/t11-/m0/s1. The second-order valence-corrected chi connectivity index (χ2v) is 5.06. The molecule has 1 rings (SSSR count). The molecule has 5 nitrogen and oxygen atoms in total. The van der Waals surface area contributed by atoms with Crippen molar-refractivity contribution in [3.05, 3.63) is 35.9 Å². The lowest BCUT2D eigenvalue weighted by Crippen LogP contribution is -2.55. The lowest BCUT2D eigenvalue weighted by atomic mass is 10.0. The number of nitrogens with two attached hydrogens (primary N) is 1. The molecule has 0 aromatic heterocycles.